The van der Waals surface area contributed by atoms with Crippen LogP contribution < -0.4 is 0 Å². The van der Waals surface area contributed by atoms with Gasteiger partial charge in [-0.25, -0.2) is 8.42 Å². The molecule has 1 aromatic carbocycles. The van der Waals surface area contributed by atoms with Gasteiger partial charge in [0.1, 0.15) is 0 Å². The third kappa shape index (κ3) is 3.58. The van der Waals surface area contributed by atoms with Crippen molar-refractivity contribution in [3.05, 3.63) is 32.7 Å². The first-order valence-electron chi connectivity index (χ1n) is 3.25. The van der Waals surface area contributed by atoms with E-state index in [9.17, 15) is 8.42 Å². The summed E-state index contributed by atoms with van der Waals surface area (Å²) in [6.07, 6.45) is 0. The zero-order valence-electron chi connectivity index (χ0n) is 6.30. The van der Waals surface area contributed by atoms with Crippen molar-refractivity contribution >= 4 is 51.6 Å². The molecule has 13 heavy (non-hydrogen) atoms. The van der Waals surface area contributed by atoms with E-state index >= 15 is 0 Å². The van der Waals surface area contributed by atoms with E-state index in [1.807, 2.05) is 0 Å². The number of hydrogen-bond acceptors (Lipinski definition) is 2. The molecular formula is C7H5Br2ClO2S. The number of benzene rings is 1. The fourth-order valence-electron chi connectivity index (χ4n) is 0.843. The molecule has 0 atom stereocenters. The second kappa shape index (κ2) is 4.29. The Morgan fingerprint density at radius 2 is 1.69 bits per heavy atom. The molecule has 72 valence electrons. The molecule has 0 heterocycles. The predicted molar refractivity (Wildman–Crippen MR) is 60.3 cm³/mol. The van der Waals surface area contributed by atoms with Gasteiger partial charge in [-0.15, -0.1) is 0 Å². The topological polar surface area (TPSA) is 34.1 Å². The molecule has 0 bridgehead atoms. The number of rotatable bonds is 2. The third-order valence-electron chi connectivity index (χ3n) is 1.38. The predicted octanol–water partition coefficient (Wildman–Crippen LogP) is 3.28. The summed E-state index contributed by atoms with van der Waals surface area (Å²) in [7, 11) is 1.63. The lowest BCUT2D eigenvalue weighted by atomic mass is 10.2. The van der Waals surface area contributed by atoms with Crippen molar-refractivity contribution in [2.45, 2.75) is 5.75 Å². The first-order valence-corrected chi connectivity index (χ1v) is 7.32. The van der Waals surface area contributed by atoms with Crippen molar-refractivity contribution < 1.29 is 8.42 Å². The van der Waals surface area contributed by atoms with Gasteiger partial charge in [-0.05, 0) is 17.7 Å². The molecule has 1 rings (SSSR count). The lowest BCUT2D eigenvalue weighted by Crippen LogP contribution is -1.97. The minimum absolute atomic E-state index is 0.184. The van der Waals surface area contributed by atoms with E-state index in [1.54, 1.807) is 18.2 Å². The van der Waals surface area contributed by atoms with Crippen LogP contribution in [-0.4, -0.2) is 8.42 Å². The van der Waals surface area contributed by atoms with Crippen LogP contribution in [0.1, 0.15) is 5.56 Å². The van der Waals surface area contributed by atoms with E-state index in [-0.39, 0.29) is 5.75 Å². The molecule has 2 nitrogen and oxygen atoms in total. The summed E-state index contributed by atoms with van der Waals surface area (Å²) in [5.74, 6) is -0.184. The Morgan fingerprint density at radius 1 is 1.23 bits per heavy atom. The molecule has 0 saturated carbocycles. The minimum Gasteiger partial charge on any atom is -0.212 e. The van der Waals surface area contributed by atoms with Crippen molar-refractivity contribution in [1.29, 1.82) is 0 Å². The molecule has 0 aliphatic heterocycles. The molecule has 0 aromatic heterocycles. The summed E-state index contributed by atoms with van der Waals surface area (Å²) >= 11 is 6.49. The van der Waals surface area contributed by atoms with Crippen LogP contribution in [0, 0.1) is 0 Å². The molecule has 0 amide bonds. The lowest BCUT2D eigenvalue weighted by molar-refractivity contribution is 0.608. The molecule has 0 aliphatic rings. The number of halogens is 3. The second-order valence-electron chi connectivity index (χ2n) is 2.38. The quantitative estimate of drug-likeness (QED) is 0.769. The van der Waals surface area contributed by atoms with Crippen LogP contribution in [0.2, 0.25) is 0 Å². The van der Waals surface area contributed by atoms with Crippen LogP contribution >= 0.6 is 42.5 Å². The molecule has 0 spiro atoms. The summed E-state index contributed by atoms with van der Waals surface area (Å²) in [4.78, 5) is 0. The van der Waals surface area contributed by atoms with Crippen LogP contribution in [-0.2, 0) is 14.8 Å². The molecule has 1 aromatic rings. The highest BCUT2D eigenvalue weighted by atomic mass is 79.9. The Hall–Kier alpha value is 0.420. The summed E-state index contributed by atoms with van der Waals surface area (Å²) in [6.45, 7) is 0. The Morgan fingerprint density at radius 3 is 2.08 bits per heavy atom. The highest BCUT2D eigenvalue weighted by Gasteiger charge is 2.12. The molecule has 0 aliphatic carbocycles. The maximum absolute atomic E-state index is 10.8. The second-order valence-corrected chi connectivity index (χ2v) is 6.87. The van der Waals surface area contributed by atoms with Gasteiger partial charge in [-0.3, -0.25) is 0 Å². The van der Waals surface area contributed by atoms with Gasteiger partial charge >= 0.3 is 0 Å². The Kier molecular flexibility index (Phi) is 3.80. The summed E-state index contributed by atoms with van der Waals surface area (Å²) < 4.78 is 23.1. The van der Waals surface area contributed by atoms with Crippen LogP contribution in [0.25, 0.3) is 0 Å². The molecular weight excluding hydrogens is 343 g/mol. The zero-order valence-corrected chi connectivity index (χ0v) is 11.0. The Labute approximate surface area is 98.0 Å². The molecule has 0 fully saturated rings. The fourth-order valence-corrected chi connectivity index (χ4v) is 3.48. The molecule has 0 saturated heterocycles. The van der Waals surface area contributed by atoms with E-state index in [2.05, 4.69) is 31.9 Å². The fraction of sp³-hybridized carbons (Fsp3) is 0.143. The van der Waals surface area contributed by atoms with Gasteiger partial charge in [0.25, 0.3) is 0 Å². The zero-order chi connectivity index (χ0) is 10.1. The van der Waals surface area contributed by atoms with Gasteiger partial charge in [-0.2, -0.15) is 0 Å². The normalized spacial score (nSPS) is 11.6. The Balaban J connectivity index is 3.15. The molecule has 6 heteroatoms. The maximum atomic E-state index is 10.8. The van der Waals surface area contributed by atoms with Crippen molar-refractivity contribution in [3.63, 3.8) is 0 Å². The van der Waals surface area contributed by atoms with E-state index in [4.69, 9.17) is 10.7 Å². The van der Waals surface area contributed by atoms with Gasteiger partial charge in [0.05, 0.1) is 5.75 Å². The number of hydrogen-bond donors (Lipinski definition) is 0. The summed E-state index contributed by atoms with van der Waals surface area (Å²) in [5, 5.41) is 0. The SMILES string of the molecule is O=S(=O)(Cl)Cc1c(Br)cccc1Br. The highest BCUT2D eigenvalue weighted by molar-refractivity contribution is 9.11. The largest absolute Gasteiger partial charge is 0.236 e. The lowest BCUT2D eigenvalue weighted by Gasteiger charge is -2.03. The van der Waals surface area contributed by atoms with Gasteiger partial charge in [0.2, 0.25) is 9.05 Å². The molecule has 0 N–H and O–H groups in total. The highest BCUT2D eigenvalue weighted by Crippen LogP contribution is 2.27. The van der Waals surface area contributed by atoms with Gasteiger partial charge < -0.3 is 0 Å². The minimum atomic E-state index is -3.51. The summed E-state index contributed by atoms with van der Waals surface area (Å²) in [6, 6.07) is 5.34. The van der Waals surface area contributed by atoms with E-state index in [0.717, 1.165) is 8.95 Å². The molecule has 0 radical (unpaired) electrons. The monoisotopic (exact) mass is 346 g/mol. The van der Waals surface area contributed by atoms with E-state index in [0.29, 0.717) is 5.56 Å². The first-order chi connectivity index (χ1) is 5.90. The van der Waals surface area contributed by atoms with Crippen molar-refractivity contribution in [2.24, 2.45) is 0 Å². The van der Waals surface area contributed by atoms with Gasteiger partial charge in [0.15, 0.2) is 0 Å². The molecule has 0 unspecified atom stereocenters. The van der Waals surface area contributed by atoms with Crippen molar-refractivity contribution in [1.82, 2.24) is 0 Å². The maximum Gasteiger partial charge on any atom is 0.236 e. The Bertz CT molecular complexity index is 396. The van der Waals surface area contributed by atoms with E-state index < -0.39 is 9.05 Å². The summed E-state index contributed by atoms with van der Waals surface area (Å²) in [5.41, 5.74) is 0.637. The third-order valence-corrected chi connectivity index (χ3v) is 3.83. The van der Waals surface area contributed by atoms with Crippen LogP contribution in [0.15, 0.2) is 27.1 Å². The van der Waals surface area contributed by atoms with Crippen LogP contribution in [0.4, 0.5) is 0 Å². The smallest absolute Gasteiger partial charge is 0.212 e. The van der Waals surface area contributed by atoms with Crippen molar-refractivity contribution in [3.8, 4) is 0 Å². The standard InChI is InChI=1S/C7H5Br2ClO2S/c8-6-2-1-3-7(9)5(6)4-13(10,11)12/h1-3H,4H2. The van der Waals surface area contributed by atoms with E-state index in [1.165, 1.54) is 0 Å². The first kappa shape index (κ1) is 11.5. The average Bonchev–Trinajstić information content (AvgIpc) is 1.95. The van der Waals surface area contributed by atoms with Gasteiger partial charge in [-0.1, -0.05) is 37.9 Å². The average molecular weight is 348 g/mol. The van der Waals surface area contributed by atoms with Crippen LogP contribution in [0.3, 0.4) is 0 Å². The van der Waals surface area contributed by atoms with Crippen LogP contribution in [0.5, 0.6) is 0 Å². The van der Waals surface area contributed by atoms with Gasteiger partial charge in [0, 0.05) is 19.6 Å². The van der Waals surface area contributed by atoms with Crippen molar-refractivity contribution in [2.75, 3.05) is 0 Å².